The zero-order valence-corrected chi connectivity index (χ0v) is 15.3. The van der Waals surface area contributed by atoms with Gasteiger partial charge in [-0.3, -0.25) is 4.79 Å². The average Bonchev–Trinajstić information content (AvgIpc) is 2.68. The summed E-state index contributed by atoms with van der Waals surface area (Å²) in [6, 6.07) is 12.6. The van der Waals surface area contributed by atoms with Gasteiger partial charge in [0, 0.05) is 5.69 Å². The molecule has 4 N–H and O–H groups in total. The molecule has 1 heterocycles. The van der Waals surface area contributed by atoms with Crippen molar-refractivity contribution in [3.8, 4) is 0 Å². The number of fused-ring (bicyclic) bond motifs is 1. The maximum absolute atomic E-state index is 12.3. The smallest absolute Gasteiger partial charge is 0.230 e. The first-order valence-electron chi connectivity index (χ1n) is 9.36. The van der Waals surface area contributed by atoms with Gasteiger partial charge in [0.25, 0.3) is 0 Å². The molecule has 2 aromatic rings. The molecule has 27 heavy (non-hydrogen) atoms. The SMILES string of the molecule is O=C(C[C@@H]([NH2+]CC[NH+]1CCOCC1)C(=O)[O-])Nc1ccc2ccccc2c1. The molecular weight excluding hydrogens is 346 g/mol. The quantitative estimate of drug-likeness (QED) is 0.488. The van der Waals surface area contributed by atoms with Gasteiger partial charge in [0.15, 0.2) is 0 Å². The minimum absolute atomic E-state index is 0.117. The number of aliphatic carboxylic acids is 1. The molecule has 0 saturated carbocycles. The van der Waals surface area contributed by atoms with Crippen molar-refractivity contribution in [2.24, 2.45) is 0 Å². The number of ether oxygens (including phenoxy) is 1. The van der Waals surface area contributed by atoms with E-state index in [1.54, 1.807) is 5.32 Å². The van der Waals surface area contributed by atoms with Crippen LogP contribution in [-0.2, 0) is 14.3 Å². The molecular formula is C20H26N3O4+. The molecule has 144 valence electrons. The van der Waals surface area contributed by atoms with Crippen LogP contribution in [0, 0.1) is 0 Å². The van der Waals surface area contributed by atoms with Crippen LogP contribution < -0.4 is 20.6 Å². The summed E-state index contributed by atoms with van der Waals surface area (Å²) in [6.45, 7) is 4.84. The lowest BCUT2D eigenvalue weighted by Crippen LogP contribution is -3.17. The number of carboxylic acids is 1. The summed E-state index contributed by atoms with van der Waals surface area (Å²) in [7, 11) is 0. The Morgan fingerprint density at radius 3 is 2.63 bits per heavy atom. The van der Waals surface area contributed by atoms with Crippen LogP contribution in [0.15, 0.2) is 42.5 Å². The summed E-state index contributed by atoms with van der Waals surface area (Å²) < 4.78 is 5.31. The zero-order chi connectivity index (χ0) is 19.1. The number of hydrogen-bond acceptors (Lipinski definition) is 4. The standard InChI is InChI=1S/C20H25N3O4/c24-19(22-17-6-5-15-3-1-2-4-16(15)13-17)14-18(20(25)26)21-7-8-23-9-11-27-12-10-23/h1-6,13,18,21H,7-12,14H2,(H,22,24)(H,25,26)/p+1/t18-/m1/s1. The third-order valence-electron chi connectivity index (χ3n) is 4.89. The predicted molar refractivity (Wildman–Crippen MR) is 99.2 cm³/mol. The van der Waals surface area contributed by atoms with Crippen molar-refractivity contribution in [1.29, 1.82) is 0 Å². The number of nitrogens with two attached hydrogens (primary N) is 1. The number of morpholine rings is 1. The largest absolute Gasteiger partial charge is 0.544 e. The molecule has 0 spiro atoms. The fourth-order valence-electron chi connectivity index (χ4n) is 3.34. The van der Waals surface area contributed by atoms with Crippen LogP contribution in [-0.4, -0.2) is 57.3 Å². The van der Waals surface area contributed by atoms with E-state index < -0.39 is 12.0 Å². The van der Waals surface area contributed by atoms with Gasteiger partial charge >= 0.3 is 0 Å². The molecule has 7 heteroatoms. The summed E-state index contributed by atoms with van der Waals surface area (Å²) in [5.74, 6) is -1.53. The Morgan fingerprint density at radius 2 is 1.89 bits per heavy atom. The second kappa shape index (κ2) is 9.45. The number of benzene rings is 2. The van der Waals surface area contributed by atoms with Gasteiger partial charge in [0.05, 0.1) is 25.6 Å². The number of amides is 1. The highest BCUT2D eigenvalue weighted by atomic mass is 16.5. The monoisotopic (exact) mass is 372 g/mol. The summed E-state index contributed by atoms with van der Waals surface area (Å²) >= 11 is 0. The van der Waals surface area contributed by atoms with E-state index in [1.807, 2.05) is 42.5 Å². The van der Waals surface area contributed by atoms with Gasteiger partial charge in [-0.05, 0) is 22.9 Å². The van der Waals surface area contributed by atoms with E-state index in [1.165, 1.54) is 4.90 Å². The highest BCUT2D eigenvalue weighted by Gasteiger charge is 2.20. The van der Waals surface area contributed by atoms with E-state index in [4.69, 9.17) is 4.74 Å². The highest BCUT2D eigenvalue weighted by molar-refractivity contribution is 5.96. The van der Waals surface area contributed by atoms with Crippen molar-refractivity contribution < 1.29 is 29.6 Å². The van der Waals surface area contributed by atoms with Gasteiger partial charge in [0.1, 0.15) is 32.2 Å². The Labute approximate surface area is 158 Å². The topological polar surface area (TPSA) is 99.5 Å². The first kappa shape index (κ1) is 19.3. The molecule has 0 aliphatic carbocycles. The lowest BCUT2D eigenvalue weighted by atomic mass is 10.1. The van der Waals surface area contributed by atoms with Gasteiger partial charge in [-0.15, -0.1) is 0 Å². The maximum atomic E-state index is 12.3. The Morgan fingerprint density at radius 1 is 1.15 bits per heavy atom. The summed E-state index contributed by atoms with van der Waals surface area (Å²) in [6.07, 6.45) is -0.117. The Kier molecular flexibility index (Phi) is 6.75. The molecule has 1 aliphatic rings. The van der Waals surface area contributed by atoms with E-state index >= 15 is 0 Å². The van der Waals surface area contributed by atoms with Crippen LogP contribution in [0.3, 0.4) is 0 Å². The third kappa shape index (κ3) is 5.75. The van der Waals surface area contributed by atoms with Crippen LogP contribution in [0.4, 0.5) is 5.69 Å². The highest BCUT2D eigenvalue weighted by Crippen LogP contribution is 2.18. The number of carbonyl (C=O) groups is 2. The van der Waals surface area contributed by atoms with Crippen LogP contribution in [0.1, 0.15) is 6.42 Å². The van der Waals surface area contributed by atoms with Crippen molar-refractivity contribution in [2.75, 3.05) is 44.7 Å². The molecule has 3 rings (SSSR count). The second-order valence-corrected chi connectivity index (χ2v) is 6.88. The van der Waals surface area contributed by atoms with Gasteiger partial charge in [0.2, 0.25) is 5.91 Å². The third-order valence-corrected chi connectivity index (χ3v) is 4.89. The molecule has 0 unspecified atom stereocenters. The van der Waals surface area contributed by atoms with Gasteiger partial charge in [-0.2, -0.15) is 0 Å². The average molecular weight is 372 g/mol. The molecule has 1 saturated heterocycles. The first-order valence-corrected chi connectivity index (χ1v) is 9.36. The molecule has 0 radical (unpaired) electrons. The minimum Gasteiger partial charge on any atom is -0.544 e. The summed E-state index contributed by atoms with van der Waals surface area (Å²) in [4.78, 5) is 25.1. The Hall–Kier alpha value is -2.48. The van der Waals surface area contributed by atoms with Gasteiger partial charge < -0.3 is 30.2 Å². The first-order chi connectivity index (χ1) is 13.1. The Balaban J connectivity index is 1.50. The second-order valence-electron chi connectivity index (χ2n) is 6.88. The van der Waals surface area contributed by atoms with Crippen molar-refractivity contribution in [1.82, 2.24) is 0 Å². The maximum Gasteiger partial charge on any atom is 0.230 e. The molecule has 7 nitrogen and oxygen atoms in total. The minimum atomic E-state index is -1.21. The van der Waals surface area contributed by atoms with E-state index in [0.717, 1.165) is 43.6 Å². The van der Waals surface area contributed by atoms with Crippen molar-refractivity contribution in [3.63, 3.8) is 0 Å². The van der Waals surface area contributed by atoms with Crippen molar-refractivity contribution in [2.45, 2.75) is 12.5 Å². The molecule has 2 aromatic carbocycles. The van der Waals surface area contributed by atoms with Gasteiger partial charge in [-0.1, -0.05) is 30.3 Å². The van der Waals surface area contributed by atoms with Crippen LogP contribution in [0.5, 0.6) is 0 Å². The number of carbonyl (C=O) groups excluding carboxylic acids is 2. The lowest BCUT2D eigenvalue weighted by molar-refractivity contribution is -0.920. The summed E-state index contributed by atoms with van der Waals surface area (Å²) in [5, 5.41) is 18.0. The fraction of sp³-hybridized carbons (Fsp3) is 0.400. The number of hydrogen-bond donors (Lipinski definition) is 3. The fourth-order valence-corrected chi connectivity index (χ4v) is 3.34. The normalized spacial score (nSPS) is 16.1. The van der Waals surface area contributed by atoms with E-state index in [-0.39, 0.29) is 12.3 Å². The van der Waals surface area contributed by atoms with Crippen molar-refractivity contribution in [3.05, 3.63) is 42.5 Å². The van der Waals surface area contributed by atoms with Crippen molar-refractivity contribution >= 4 is 28.3 Å². The number of carboxylic acid groups (broad SMARTS) is 1. The van der Waals surface area contributed by atoms with E-state index in [9.17, 15) is 14.7 Å². The number of quaternary nitrogens is 2. The van der Waals surface area contributed by atoms with E-state index in [2.05, 4.69) is 5.32 Å². The van der Waals surface area contributed by atoms with Crippen LogP contribution in [0.25, 0.3) is 10.8 Å². The van der Waals surface area contributed by atoms with Crippen LogP contribution >= 0.6 is 0 Å². The Bertz CT molecular complexity index is 790. The molecule has 1 amide bonds. The molecule has 1 fully saturated rings. The van der Waals surface area contributed by atoms with E-state index in [0.29, 0.717) is 12.2 Å². The number of nitrogens with one attached hydrogen (secondary N) is 2. The van der Waals surface area contributed by atoms with Crippen LogP contribution in [0.2, 0.25) is 0 Å². The number of rotatable bonds is 8. The zero-order valence-electron chi connectivity index (χ0n) is 15.3. The molecule has 1 aliphatic heterocycles. The predicted octanol–water partition coefficient (Wildman–Crippen LogP) is -2.23. The molecule has 0 bridgehead atoms. The van der Waals surface area contributed by atoms with Gasteiger partial charge in [-0.25, -0.2) is 0 Å². The molecule has 0 aromatic heterocycles. The molecule has 1 atom stereocenters. The lowest BCUT2D eigenvalue weighted by Gasteiger charge is -2.24. The summed E-state index contributed by atoms with van der Waals surface area (Å²) in [5.41, 5.74) is 0.661. The number of anilines is 1.